The summed E-state index contributed by atoms with van der Waals surface area (Å²) in [6, 6.07) is 26.2. The first kappa shape index (κ1) is 19.1. The maximum Gasteiger partial charge on any atom is 0.218 e. The molecule has 3 aromatic rings. The minimum Gasteiger partial charge on any atom is -0.412 e. The molecule has 0 spiro atoms. The predicted octanol–water partition coefficient (Wildman–Crippen LogP) is 5.04. The van der Waals surface area contributed by atoms with E-state index in [-0.39, 0.29) is 5.41 Å². The van der Waals surface area contributed by atoms with Crippen LogP contribution < -0.4 is 5.19 Å². The van der Waals surface area contributed by atoms with E-state index in [2.05, 4.69) is 92.8 Å². The van der Waals surface area contributed by atoms with E-state index in [1.165, 1.54) is 33.0 Å². The largest absolute Gasteiger partial charge is 0.412 e. The van der Waals surface area contributed by atoms with Crippen molar-refractivity contribution in [1.82, 2.24) is 0 Å². The summed E-state index contributed by atoms with van der Waals surface area (Å²) in [7, 11) is -0.258. The monoisotopic (exact) mass is 388 g/mol. The van der Waals surface area contributed by atoms with Crippen molar-refractivity contribution < 1.29 is 9.16 Å². The number of fused-ring (bicyclic) bond motifs is 3. The van der Waals surface area contributed by atoms with Crippen molar-refractivity contribution in [2.45, 2.75) is 25.4 Å². The minimum atomic E-state index is -2.04. The van der Waals surface area contributed by atoms with Gasteiger partial charge in [0.15, 0.2) is 0 Å². The second kappa shape index (κ2) is 7.32. The summed E-state index contributed by atoms with van der Waals surface area (Å²) in [5, 5.41) is 1.32. The third-order valence-corrected chi connectivity index (χ3v) is 8.58. The van der Waals surface area contributed by atoms with Gasteiger partial charge in [-0.3, -0.25) is 0 Å². The Morgan fingerprint density at radius 2 is 1.29 bits per heavy atom. The summed E-state index contributed by atoms with van der Waals surface area (Å²) >= 11 is 0. The molecule has 0 fully saturated rings. The molecule has 28 heavy (non-hydrogen) atoms. The average Bonchev–Trinajstić information content (AvgIpc) is 2.98. The van der Waals surface area contributed by atoms with Crippen LogP contribution in [0, 0.1) is 6.92 Å². The van der Waals surface area contributed by atoms with Crippen LogP contribution in [0.4, 0.5) is 0 Å². The number of methoxy groups -OCH3 is 1. The van der Waals surface area contributed by atoms with Gasteiger partial charge < -0.3 is 9.16 Å². The Morgan fingerprint density at radius 1 is 0.750 bits per heavy atom. The molecule has 1 aliphatic carbocycles. The smallest absolute Gasteiger partial charge is 0.218 e. The number of aryl methyl sites for hydroxylation is 1. The quantitative estimate of drug-likeness (QED) is 0.551. The molecule has 0 radical (unpaired) electrons. The van der Waals surface area contributed by atoms with Crippen LogP contribution in [-0.2, 0) is 14.6 Å². The van der Waals surface area contributed by atoms with Gasteiger partial charge in [-0.25, -0.2) is 0 Å². The van der Waals surface area contributed by atoms with Crippen LogP contribution in [0.25, 0.3) is 11.1 Å². The van der Waals surface area contributed by atoms with Gasteiger partial charge in [0.2, 0.25) is 8.32 Å². The van der Waals surface area contributed by atoms with E-state index in [1.54, 1.807) is 7.11 Å². The van der Waals surface area contributed by atoms with E-state index < -0.39 is 8.32 Å². The van der Waals surface area contributed by atoms with Gasteiger partial charge in [0.25, 0.3) is 0 Å². The molecule has 0 heterocycles. The van der Waals surface area contributed by atoms with Gasteiger partial charge in [-0.15, -0.1) is 0 Å². The van der Waals surface area contributed by atoms with Crippen molar-refractivity contribution >= 4 is 13.5 Å². The zero-order valence-electron chi connectivity index (χ0n) is 17.2. The molecule has 0 bridgehead atoms. The van der Waals surface area contributed by atoms with Crippen molar-refractivity contribution in [2.24, 2.45) is 0 Å². The molecule has 2 nitrogen and oxygen atoms in total. The highest BCUT2D eigenvalue weighted by atomic mass is 28.4. The van der Waals surface area contributed by atoms with E-state index in [4.69, 9.17) is 9.16 Å². The Balaban J connectivity index is 1.74. The Kier molecular flexibility index (Phi) is 5.00. The zero-order valence-corrected chi connectivity index (χ0v) is 18.2. The highest BCUT2D eigenvalue weighted by molar-refractivity contribution is 6.84. The van der Waals surface area contributed by atoms with Gasteiger partial charge in [-0.05, 0) is 47.5 Å². The van der Waals surface area contributed by atoms with E-state index >= 15 is 0 Å². The summed E-state index contributed by atoms with van der Waals surface area (Å²) < 4.78 is 12.5. The molecule has 1 aliphatic rings. The molecule has 0 saturated heterocycles. The first-order valence-electron chi connectivity index (χ1n) is 9.87. The fraction of sp³-hybridized carbons (Fsp3) is 0.280. The van der Waals surface area contributed by atoms with Gasteiger partial charge in [0.05, 0.1) is 18.6 Å². The second-order valence-corrected chi connectivity index (χ2v) is 12.2. The SMILES string of the molecule is COCC1(CO[Si](C)(C)c2ccc(C)cc2)c2ccccc2-c2ccccc21. The minimum absolute atomic E-state index is 0.267. The van der Waals surface area contributed by atoms with Crippen LogP contribution in [0.1, 0.15) is 16.7 Å². The lowest BCUT2D eigenvalue weighted by Gasteiger charge is -2.35. The van der Waals surface area contributed by atoms with Gasteiger partial charge in [0, 0.05) is 7.11 Å². The molecule has 0 N–H and O–H groups in total. The molecule has 3 heteroatoms. The van der Waals surface area contributed by atoms with Gasteiger partial charge in [-0.1, -0.05) is 78.4 Å². The van der Waals surface area contributed by atoms with Crippen LogP contribution in [0.2, 0.25) is 13.1 Å². The van der Waals surface area contributed by atoms with Crippen molar-refractivity contribution in [3.8, 4) is 11.1 Å². The Bertz CT molecular complexity index is 930. The molecule has 0 aromatic heterocycles. The highest BCUT2D eigenvalue weighted by Crippen LogP contribution is 2.49. The summed E-state index contributed by atoms with van der Waals surface area (Å²) in [5.41, 5.74) is 6.24. The fourth-order valence-corrected chi connectivity index (χ4v) is 6.10. The fourth-order valence-electron chi connectivity index (χ4n) is 4.36. The van der Waals surface area contributed by atoms with Crippen LogP contribution in [0.5, 0.6) is 0 Å². The van der Waals surface area contributed by atoms with Gasteiger partial charge in [0.1, 0.15) is 0 Å². The van der Waals surface area contributed by atoms with E-state index in [0.29, 0.717) is 13.2 Å². The Hall–Kier alpha value is -2.20. The number of hydrogen-bond donors (Lipinski definition) is 0. The topological polar surface area (TPSA) is 18.5 Å². The standard InChI is InChI=1S/C25H28O2Si/c1-19-13-15-20(16-14-19)28(3,4)27-18-25(17-26-2)23-11-7-5-9-21(23)22-10-6-8-12-24(22)25/h5-16H,17-18H2,1-4H3. The molecule has 0 amide bonds. The van der Waals surface area contributed by atoms with E-state index in [1.807, 2.05) is 0 Å². The third-order valence-electron chi connectivity index (χ3n) is 5.99. The lowest BCUT2D eigenvalue weighted by molar-refractivity contribution is 0.113. The molecular weight excluding hydrogens is 360 g/mol. The lowest BCUT2D eigenvalue weighted by atomic mass is 9.80. The summed E-state index contributed by atoms with van der Waals surface area (Å²) in [5.74, 6) is 0. The Labute approximate surface area is 169 Å². The molecule has 4 rings (SSSR count). The molecule has 0 aliphatic heterocycles. The second-order valence-electron chi connectivity index (χ2n) is 8.27. The predicted molar refractivity (Wildman–Crippen MR) is 119 cm³/mol. The van der Waals surface area contributed by atoms with Crippen molar-refractivity contribution in [3.05, 3.63) is 89.5 Å². The number of hydrogen-bond acceptors (Lipinski definition) is 2. The first-order chi connectivity index (χ1) is 13.5. The molecule has 0 unspecified atom stereocenters. The maximum absolute atomic E-state index is 6.77. The van der Waals surface area contributed by atoms with E-state index in [9.17, 15) is 0 Å². The zero-order chi connectivity index (χ0) is 19.8. The van der Waals surface area contributed by atoms with E-state index in [0.717, 1.165) is 0 Å². The van der Waals surface area contributed by atoms with Crippen LogP contribution >= 0.6 is 0 Å². The Morgan fingerprint density at radius 3 is 1.82 bits per heavy atom. The number of ether oxygens (including phenoxy) is 1. The lowest BCUT2D eigenvalue weighted by Crippen LogP contribution is -2.49. The van der Waals surface area contributed by atoms with Gasteiger partial charge in [-0.2, -0.15) is 0 Å². The highest BCUT2D eigenvalue weighted by Gasteiger charge is 2.44. The normalized spacial score (nSPS) is 14.6. The first-order valence-corrected chi connectivity index (χ1v) is 12.8. The summed E-state index contributed by atoms with van der Waals surface area (Å²) in [6.45, 7) is 7.93. The van der Waals surface area contributed by atoms with Crippen LogP contribution in [-0.4, -0.2) is 28.6 Å². The molecule has 144 valence electrons. The number of benzene rings is 3. The molecule has 0 atom stereocenters. The maximum atomic E-state index is 6.77. The molecule has 0 saturated carbocycles. The molecule has 3 aromatic carbocycles. The summed E-state index contributed by atoms with van der Waals surface area (Å²) in [6.07, 6.45) is 0. The van der Waals surface area contributed by atoms with Crippen LogP contribution in [0.15, 0.2) is 72.8 Å². The van der Waals surface area contributed by atoms with Crippen molar-refractivity contribution in [1.29, 1.82) is 0 Å². The summed E-state index contributed by atoms with van der Waals surface area (Å²) in [4.78, 5) is 0. The van der Waals surface area contributed by atoms with Gasteiger partial charge >= 0.3 is 0 Å². The van der Waals surface area contributed by atoms with Crippen LogP contribution in [0.3, 0.4) is 0 Å². The molecular formula is C25H28O2Si. The number of rotatable bonds is 6. The van der Waals surface area contributed by atoms with Crippen molar-refractivity contribution in [2.75, 3.05) is 20.3 Å². The van der Waals surface area contributed by atoms with Crippen molar-refractivity contribution in [3.63, 3.8) is 0 Å². The average molecular weight is 389 g/mol. The third kappa shape index (κ3) is 3.14.